The van der Waals surface area contributed by atoms with Gasteiger partial charge in [0.25, 0.3) is 0 Å². The van der Waals surface area contributed by atoms with Crippen LogP contribution in [-0.4, -0.2) is 66.5 Å². The number of rotatable bonds is 54. The molecule has 0 fully saturated rings. The highest BCUT2D eigenvalue weighted by Gasteiger charge is 2.28. The van der Waals surface area contributed by atoms with Gasteiger partial charge in [-0.25, -0.2) is 4.57 Å². The molecule has 0 saturated heterocycles. The SMILES string of the molecule is CCCCCCCC/C=C\CCCCCCCCCC(=O)OCC(COP(=O)(O)OCC(CO)OC(=O)CCCCCCCCCCCCC)OC(=O)CCCCCCCCCCCCCCC. The van der Waals surface area contributed by atoms with Gasteiger partial charge < -0.3 is 24.2 Å². The van der Waals surface area contributed by atoms with E-state index in [2.05, 4.69) is 32.9 Å². The summed E-state index contributed by atoms with van der Waals surface area (Å²) in [6, 6.07) is 0. The molecular formula is C56H107O11P. The summed E-state index contributed by atoms with van der Waals surface area (Å²) in [4.78, 5) is 48.4. The normalized spacial score (nSPS) is 13.4. The molecule has 0 spiro atoms. The molecule has 0 radical (unpaired) electrons. The second-order valence-electron chi connectivity index (χ2n) is 19.5. The summed E-state index contributed by atoms with van der Waals surface area (Å²) in [7, 11) is -4.73. The van der Waals surface area contributed by atoms with E-state index in [-0.39, 0.29) is 25.9 Å². The molecule has 0 bridgehead atoms. The van der Waals surface area contributed by atoms with Gasteiger partial charge in [-0.05, 0) is 44.9 Å². The van der Waals surface area contributed by atoms with Crippen LogP contribution in [0.3, 0.4) is 0 Å². The van der Waals surface area contributed by atoms with Crippen molar-refractivity contribution < 1.29 is 52.2 Å². The molecule has 0 aromatic carbocycles. The van der Waals surface area contributed by atoms with Gasteiger partial charge in [0.05, 0.1) is 19.8 Å². The maximum Gasteiger partial charge on any atom is 0.472 e. The van der Waals surface area contributed by atoms with E-state index >= 15 is 0 Å². The highest BCUT2D eigenvalue weighted by Crippen LogP contribution is 2.43. The molecule has 402 valence electrons. The first-order valence-corrected chi connectivity index (χ1v) is 30.1. The van der Waals surface area contributed by atoms with E-state index in [0.29, 0.717) is 19.3 Å². The Hall–Kier alpha value is -1.78. The van der Waals surface area contributed by atoms with Crippen molar-refractivity contribution in [2.24, 2.45) is 0 Å². The molecule has 0 amide bonds. The van der Waals surface area contributed by atoms with Crippen LogP contribution in [0.5, 0.6) is 0 Å². The largest absolute Gasteiger partial charge is 0.472 e. The minimum atomic E-state index is -4.73. The average Bonchev–Trinajstić information content (AvgIpc) is 3.32. The van der Waals surface area contributed by atoms with Gasteiger partial charge in [-0.15, -0.1) is 0 Å². The molecular weight excluding hydrogens is 880 g/mol. The summed E-state index contributed by atoms with van der Waals surface area (Å²) >= 11 is 0. The fourth-order valence-corrected chi connectivity index (χ4v) is 9.08. The van der Waals surface area contributed by atoms with E-state index in [1.54, 1.807) is 0 Å². The van der Waals surface area contributed by atoms with Crippen LogP contribution in [0.1, 0.15) is 290 Å². The first-order chi connectivity index (χ1) is 33.2. The number of aliphatic hydroxyl groups excluding tert-OH is 1. The van der Waals surface area contributed by atoms with E-state index in [1.165, 1.54) is 167 Å². The number of phosphoric acid groups is 1. The summed E-state index contributed by atoms with van der Waals surface area (Å²) < 4.78 is 39.5. The van der Waals surface area contributed by atoms with Crippen molar-refractivity contribution in [3.8, 4) is 0 Å². The highest BCUT2D eigenvalue weighted by molar-refractivity contribution is 7.47. The molecule has 0 aliphatic heterocycles. The molecule has 11 nitrogen and oxygen atoms in total. The van der Waals surface area contributed by atoms with Crippen LogP contribution in [-0.2, 0) is 42.2 Å². The van der Waals surface area contributed by atoms with E-state index in [1.807, 2.05) is 0 Å². The van der Waals surface area contributed by atoms with Crippen molar-refractivity contribution in [1.29, 1.82) is 0 Å². The Balaban J connectivity index is 4.67. The summed E-state index contributed by atoms with van der Waals surface area (Å²) in [6.07, 6.45) is 48.8. The van der Waals surface area contributed by atoms with Crippen LogP contribution in [0.2, 0.25) is 0 Å². The van der Waals surface area contributed by atoms with E-state index in [0.717, 1.165) is 64.2 Å². The number of unbranched alkanes of at least 4 members (excludes halogenated alkanes) is 35. The van der Waals surface area contributed by atoms with Crippen molar-refractivity contribution in [1.82, 2.24) is 0 Å². The lowest BCUT2D eigenvalue weighted by atomic mass is 10.0. The summed E-state index contributed by atoms with van der Waals surface area (Å²) in [5, 5.41) is 9.78. The fourth-order valence-electron chi connectivity index (χ4n) is 8.29. The Morgan fingerprint density at radius 1 is 0.397 bits per heavy atom. The second kappa shape index (κ2) is 51.6. The van der Waals surface area contributed by atoms with Crippen LogP contribution in [0.15, 0.2) is 12.2 Å². The zero-order valence-electron chi connectivity index (χ0n) is 44.4. The number of phosphoric ester groups is 1. The van der Waals surface area contributed by atoms with E-state index in [9.17, 15) is 28.9 Å². The molecule has 68 heavy (non-hydrogen) atoms. The van der Waals surface area contributed by atoms with Gasteiger partial charge in [-0.3, -0.25) is 23.4 Å². The zero-order chi connectivity index (χ0) is 49.9. The Kier molecular flexibility index (Phi) is 50.2. The van der Waals surface area contributed by atoms with Gasteiger partial charge in [0.1, 0.15) is 12.7 Å². The average molecular weight is 987 g/mol. The maximum atomic E-state index is 12.9. The number of carbonyl (C=O) groups excluding carboxylic acids is 3. The van der Waals surface area contributed by atoms with Crippen molar-refractivity contribution >= 4 is 25.7 Å². The van der Waals surface area contributed by atoms with Crippen LogP contribution in [0.25, 0.3) is 0 Å². The Labute approximate surface area is 417 Å². The molecule has 0 aromatic heterocycles. The van der Waals surface area contributed by atoms with Gasteiger partial charge in [-0.2, -0.15) is 0 Å². The molecule has 2 N–H and O–H groups in total. The minimum Gasteiger partial charge on any atom is -0.462 e. The number of ether oxygens (including phenoxy) is 3. The molecule has 3 atom stereocenters. The number of esters is 3. The Bertz CT molecular complexity index is 1200. The minimum absolute atomic E-state index is 0.175. The highest BCUT2D eigenvalue weighted by atomic mass is 31.2. The lowest BCUT2D eigenvalue weighted by Gasteiger charge is -2.21. The third kappa shape index (κ3) is 49.2. The smallest absolute Gasteiger partial charge is 0.462 e. The molecule has 3 unspecified atom stereocenters. The quantitative estimate of drug-likeness (QED) is 0.0197. The van der Waals surface area contributed by atoms with Crippen LogP contribution in [0, 0.1) is 0 Å². The number of hydrogen-bond acceptors (Lipinski definition) is 10. The second-order valence-corrected chi connectivity index (χ2v) is 20.9. The molecule has 0 aliphatic carbocycles. The van der Waals surface area contributed by atoms with Gasteiger partial charge in [0, 0.05) is 19.3 Å². The van der Waals surface area contributed by atoms with Gasteiger partial charge in [0.15, 0.2) is 6.10 Å². The molecule has 12 heteroatoms. The lowest BCUT2D eigenvalue weighted by molar-refractivity contribution is -0.161. The Morgan fingerprint density at radius 3 is 1.01 bits per heavy atom. The van der Waals surface area contributed by atoms with Crippen LogP contribution >= 0.6 is 7.82 Å². The predicted molar refractivity (Wildman–Crippen MR) is 280 cm³/mol. The first kappa shape index (κ1) is 66.2. The van der Waals surface area contributed by atoms with E-state index < -0.39 is 57.8 Å². The van der Waals surface area contributed by atoms with Gasteiger partial charge >= 0.3 is 25.7 Å². The summed E-state index contributed by atoms with van der Waals surface area (Å²) in [5.74, 6) is -1.44. The molecule has 0 rings (SSSR count). The van der Waals surface area contributed by atoms with E-state index in [4.69, 9.17) is 23.3 Å². The maximum absolute atomic E-state index is 12.9. The number of allylic oxidation sites excluding steroid dienone is 2. The summed E-state index contributed by atoms with van der Waals surface area (Å²) in [6.45, 7) is 4.67. The van der Waals surface area contributed by atoms with Crippen LogP contribution < -0.4 is 0 Å². The van der Waals surface area contributed by atoms with Gasteiger partial charge in [0.2, 0.25) is 0 Å². The standard InChI is InChI=1S/C56H107O11P/c1-4-7-10-13-16-19-22-24-25-26-27-29-31-33-36-39-42-45-54(58)63-49-53(67-56(60)47-44-41-38-35-32-28-23-20-17-14-11-8-5-2)51-65-68(61,62)64-50-52(48-57)66-55(59)46-43-40-37-34-30-21-18-15-12-9-6-3/h24-25,52-53,57H,4-23,26-51H2,1-3H3,(H,61,62)/b25-24-. The molecule has 0 aliphatic rings. The topological polar surface area (TPSA) is 155 Å². The van der Waals surface area contributed by atoms with Crippen molar-refractivity contribution in [3.63, 3.8) is 0 Å². The predicted octanol–water partition coefficient (Wildman–Crippen LogP) is 16.5. The fraction of sp³-hybridized carbons (Fsp3) is 0.911. The number of hydrogen-bond donors (Lipinski definition) is 2. The van der Waals surface area contributed by atoms with Crippen molar-refractivity contribution in [2.75, 3.05) is 26.4 Å². The lowest BCUT2D eigenvalue weighted by Crippen LogP contribution is -2.30. The van der Waals surface area contributed by atoms with Crippen molar-refractivity contribution in [3.05, 3.63) is 12.2 Å². The summed E-state index contributed by atoms with van der Waals surface area (Å²) in [5.41, 5.74) is 0. The first-order valence-electron chi connectivity index (χ1n) is 28.6. The van der Waals surface area contributed by atoms with Gasteiger partial charge in [-0.1, -0.05) is 238 Å². The molecule has 0 saturated carbocycles. The number of aliphatic hydroxyl groups is 1. The Morgan fingerprint density at radius 2 is 0.676 bits per heavy atom. The molecule has 0 heterocycles. The monoisotopic (exact) mass is 987 g/mol. The number of carbonyl (C=O) groups is 3. The van der Waals surface area contributed by atoms with Crippen LogP contribution in [0.4, 0.5) is 0 Å². The van der Waals surface area contributed by atoms with Crippen molar-refractivity contribution in [2.45, 2.75) is 303 Å². The zero-order valence-corrected chi connectivity index (χ0v) is 45.2. The third-order valence-corrected chi connectivity index (χ3v) is 13.6. The third-order valence-electron chi connectivity index (χ3n) is 12.7. The molecule has 0 aromatic rings.